The van der Waals surface area contributed by atoms with Crippen molar-refractivity contribution in [3.63, 3.8) is 0 Å². The first kappa shape index (κ1) is 23.9. The van der Waals surface area contributed by atoms with Gasteiger partial charge >= 0.3 is 6.18 Å². The SMILES string of the molecule is CCn1cc(C(F)(F)F)nc1-c1ccc(Cn2ncc3cnc(-c4c(OC)ncnc4C4CC4)nc32)cn1. The lowest BCUT2D eigenvalue weighted by atomic mass is 10.1. The molecule has 194 valence electrons. The summed E-state index contributed by atoms with van der Waals surface area (Å²) in [5.41, 5.74) is 2.38. The highest BCUT2D eigenvalue weighted by Crippen LogP contribution is 2.44. The molecule has 5 aromatic rings. The van der Waals surface area contributed by atoms with Crippen LogP contribution >= 0.6 is 0 Å². The van der Waals surface area contributed by atoms with Gasteiger partial charge in [0.15, 0.2) is 23.0 Å². The summed E-state index contributed by atoms with van der Waals surface area (Å²) in [4.78, 5) is 26.2. The second-order valence-electron chi connectivity index (χ2n) is 8.98. The number of methoxy groups -OCH3 is 1. The molecule has 0 aromatic carbocycles. The lowest BCUT2D eigenvalue weighted by Gasteiger charge is -2.11. The molecule has 1 saturated carbocycles. The fourth-order valence-electron chi connectivity index (χ4n) is 4.34. The van der Waals surface area contributed by atoms with E-state index in [2.05, 4.69) is 30.0 Å². The Hall–Kier alpha value is -4.42. The third-order valence-electron chi connectivity index (χ3n) is 6.39. The molecule has 1 aliphatic carbocycles. The molecular weight excluding hydrogens is 499 g/mol. The van der Waals surface area contributed by atoms with Crippen LogP contribution in [0.25, 0.3) is 33.9 Å². The van der Waals surface area contributed by atoms with Crippen molar-refractivity contribution in [1.82, 2.24) is 44.3 Å². The smallest absolute Gasteiger partial charge is 0.434 e. The second kappa shape index (κ2) is 9.15. The molecule has 1 aliphatic rings. The summed E-state index contributed by atoms with van der Waals surface area (Å²) in [6.07, 6.45) is 5.05. The van der Waals surface area contributed by atoms with Crippen LogP contribution in [-0.2, 0) is 19.3 Å². The number of halogens is 3. The van der Waals surface area contributed by atoms with E-state index in [1.165, 1.54) is 10.9 Å². The molecule has 0 bridgehead atoms. The first-order valence-electron chi connectivity index (χ1n) is 12.0. The van der Waals surface area contributed by atoms with Crippen LogP contribution in [0.1, 0.15) is 42.6 Å². The lowest BCUT2D eigenvalue weighted by molar-refractivity contribution is -0.140. The first-order chi connectivity index (χ1) is 18.4. The van der Waals surface area contributed by atoms with Crippen LogP contribution in [0, 0.1) is 0 Å². The third kappa shape index (κ3) is 4.33. The van der Waals surface area contributed by atoms with Crippen molar-refractivity contribution >= 4 is 11.0 Å². The quantitative estimate of drug-likeness (QED) is 0.308. The molecule has 0 amide bonds. The van der Waals surface area contributed by atoms with Crippen molar-refractivity contribution in [2.45, 2.75) is 44.9 Å². The van der Waals surface area contributed by atoms with Crippen molar-refractivity contribution in [1.29, 1.82) is 0 Å². The van der Waals surface area contributed by atoms with Crippen LogP contribution in [0.4, 0.5) is 13.2 Å². The number of imidazole rings is 1. The molecule has 0 atom stereocenters. The zero-order valence-corrected chi connectivity index (χ0v) is 20.5. The summed E-state index contributed by atoms with van der Waals surface area (Å²) in [7, 11) is 1.55. The zero-order chi connectivity index (χ0) is 26.4. The van der Waals surface area contributed by atoms with Gasteiger partial charge in [-0.05, 0) is 31.4 Å². The predicted molar refractivity (Wildman–Crippen MR) is 130 cm³/mol. The minimum atomic E-state index is -4.52. The summed E-state index contributed by atoms with van der Waals surface area (Å²) >= 11 is 0. The maximum Gasteiger partial charge on any atom is 0.434 e. The number of alkyl halides is 3. The molecule has 0 radical (unpaired) electrons. The molecule has 38 heavy (non-hydrogen) atoms. The van der Waals surface area contributed by atoms with Crippen LogP contribution in [0.2, 0.25) is 0 Å². The summed E-state index contributed by atoms with van der Waals surface area (Å²) in [5.74, 6) is 1.38. The van der Waals surface area contributed by atoms with E-state index in [1.807, 2.05) is 0 Å². The average Bonchev–Trinajstić information content (AvgIpc) is 3.55. The average molecular weight is 522 g/mol. The highest BCUT2D eigenvalue weighted by atomic mass is 19.4. The number of hydrogen-bond donors (Lipinski definition) is 0. The van der Waals surface area contributed by atoms with Crippen molar-refractivity contribution in [2.24, 2.45) is 0 Å². The van der Waals surface area contributed by atoms with Gasteiger partial charge in [-0.25, -0.2) is 29.6 Å². The van der Waals surface area contributed by atoms with Crippen LogP contribution in [0.3, 0.4) is 0 Å². The van der Waals surface area contributed by atoms with E-state index in [0.717, 1.165) is 35.7 Å². The first-order valence-corrected chi connectivity index (χ1v) is 12.0. The predicted octanol–water partition coefficient (Wildman–Crippen LogP) is 4.51. The van der Waals surface area contributed by atoms with Crippen molar-refractivity contribution in [3.8, 4) is 28.8 Å². The van der Waals surface area contributed by atoms with Crippen LogP contribution in [-0.4, -0.2) is 51.4 Å². The van der Waals surface area contributed by atoms with E-state index >= 15 is 0 Å². The Balaban J connectivity index is 1.31. The minimum absolute atomic E-state index is 0.166. The molecule has 1 fully saturated rings. The fraction of sp³-hybridized carbons (Fsp3) is 0.320. The van der Waals surface area contributed by atoms with E-state index in [9.17, 15) is 13.2 Å². The molecule has 0 saturated heterocycles. The van der Waals surface area contributed by atoms with Crippen LogP contribution in [0.5, 0.6) is 5.88 Å². The third-order valence-corrected chi connectivity index (χ3v) is 6.39. The van der Waals surface area contributed by atoms with Gasteiger partial charge in [0.25, 0.3) is 0 Å². The topological polar surface area (TPSA) is 109 Å². The Morgan fingerprint density at radius 3 is 2.55 bits per heavy atom. The van der Waals surface area contributed by atoms with E-state index in [1.54, 1.807) is 49.4 Å². The monoisotopic (exact) mass is 521 g/mol. The molecule has 0 spiro atoms. The Kier molecular flexibility index (Phi) is 5.77. The zero-order valence-electron chi connectivity index (χ0n) is 20.5. The molecule has 5 aromatic heterocycles. The number of hydrogen-bond acceptors (Lipinski definition) is 8. The summed E-state index contributed by atoms with van der Waals surface area (Å²) in [6.45, 7) is 2.44. The Labute approximate surface area is 214 Å². The highest BCUT2D eigenvalue weighted by Gasteiger charge is 2.35. The molecule has 13 heteroatoms. The van der Waals surface area contributed by atoms with Gasteiger partial charge in [-0.1, -0.05) is 6.07 Å². The summed E-state index contributed by atoms with van der Waals surface area (Å²) in [5, 5.41) is 5.21. The molecule has 0 unspecified atom stereocenters. The molecule has 0 aliphatic heterocycles. The maximum absolute atomic E-state index is 13.2. The van der Waals surface area contributed by atoms with E-state index in [0.29, 0.717) is 47.6 Å². The Bertz CT molecular complexity index is 1620. The Morgan fingerprint density at radius 2 is 1.87 bits per heavy atom. The molecular formula is C25H22F3N9O. The van der Waals surface area contributed by atoms with Crippen LogP contribution in [0.15, 0.2) is 43.2 Å². The number of fused-ring (bicyclic) bond motifs is 1. The fourth-order valence-corrected chi connectivity index (χ4v) is 4.34. The van der Waals surface area contributed by atoms with Gasteiger partial charge in [0, 0.05) is 31.1 Å². The van der Waals surface area contributed by atoms with E-state index in [4.69, 9.17) is 9.72 Å². The number of aryl methyl sites for hydroxylation is 1. The molecule has 5 heterocycles. The molecule has 0 N–H and O–H groups in total. The lowest BCUT2D eigenvalue weighted by Crippen LogP contribution is -2.06. The van der Waals surface area contributed by atoms with Gasteiger partial charge in [0.05, 0.1) is 30.9 Å². The van der Waals surface area contributed by atoms with Crippen molar-refractivity contribution in [3.05, 3.63) is 60.2 Å². The largest absolute Gasteiger partial charge is 0.480 e. The maximum atomic E-state index is 13.2. The number of aromatic nitrogens is 9. The van der Waals surface area contributed by atoms with Gasteiger partial charge < -0.3 is 9.30 Å². The summed E-state index contributed by atoms with van der Waals surface area (Å²) in [6, 6.07) is 3.45. The minimum Gasteiger partial charge on any atom is -0.480 e. The highest BCUT2D eigenvalue weighted by molar-refractivity contribution is 5.77. The van der Waals surface area contributed by atoms with Crippen LogP contribution < -0.4 is 4.74 Å². The normalized spacial score (nSPS) is 13.8. The van der Waals surface area contributed by atoms with Gasteiger partial charge in [0.2, 0.25) is 5.88 Å². The molecule has 10 nitrogen and oxygen atoms in total. The standard InChI is InChI=1S/C25H22F3N9O/c1-3-36-12-18(25(26,27)28)34-23(36)17-7-4-14(8-29-17)11-37-22-16(10-33-37)9-30-21(35-22)19-20(15-5-6-15)31-13-32-24(19)38-2/h4,7-10,12-13,15H,3,5-6,11H2,1-2H3. The van der Waals surface area contributed by atoms with E-state index < -0.39 is 11.9 Å². The number of ether oxygens (including phenoxy) is 1. The van der Waals surface area contributed by atoms with Crippen molar-refractivity contribution < 1.29 is 17.9 Å². The Morgan fingerprint density at radius 1 is 1.03 bits per heavy atom. The summed E-state index contributed by atoms with van der Waals surface area (Å²) < 4.78 is 48.1. The number of nitrogens with zero attached hydrogens (tertiary/aromatic N) is 9. The van der Waals surface area contributed by atoms with Gasteiger partial charge in [-0.2, -0.15) is 18.3 Å². The second-order valence-corrected chi connectivity index (χ2v) is 8.98. The molecule has 6 rings (SSSR count). The van der Waals surface area contributed by atoms with Gasteiger partial charge in [-0.15, -0.1) is 0 Å². The van der Waals surface area contributed by atoms with Gasteiger partial charge in [-0.3, -0.25) is 4.98 Å². The van der Waals surface area contributed by atoms with Crippen molar-refractivity contribution in [2.75, 3.05) is 7.11 Å². The van der Waals surface area contributed by atoms with E-state index in [-0.39, 0.29) is 5.82 Å². The number of rotatable bonds is 7. The van der Waals surface area contributed by atoms with Gasteiger partial charge in [0.1, 0.15) is 17.6 Å². The number of pyridine rings is 1.